The van der Waals surface area contributed by atoms with Gasteiger partial charge in [0.1, 0.15) is 6.61 Å². The summed E-state index contributed by atoms with van der Waals surface area (Å²) in [6.07, 6.45) is -0.0539. The summed E-state index contributed by atoms with van der Waals surface area (Å²) in [5.74, 6) is 0.712. The maximum Gasteiger partial charge on any atom is 0.261 e. The van der Waals surface area contributed by atoms with E-state index in [1.54, 1.807) is 0 Å². The predicted molar refractivity (Wildman–Crippen MR) is 58.4 cm³/mol. The Kier molecular flexibility index (Phi) is 8.91. The number of nitrogens with one attached hydrogen (secondary N) is 1. The normalized spacial score (nSPS) is 13.8. The smallest absolute Gasteiger partial charge is 0.261 e. The molecular formula is C11H23F2NO. The molecule has 0 aromatic carbocycles. The van der Waals surface area contributed by atoms with Gasteiger partial charge in [0, 0.05) is 12.6 Å². The maximum absolute atomic E-state index is 11.7. The number of hydrogen-bond donors (Lipinski definition) is 1. The quantitative estimate of drug-likeness (QED) is 0.607. The first-order chi connectivity index (χ1) is 7.02. The molecule has 0 fully saturated rings. The second kappa shape index (κ2) is 9.04. The largest absolute Gasteiger partial charge is 0.374 e. The van der Waals surface area contributed by atoms with Crippen LogP contribution in [0.15, 0.2) is 0 Å². The van der Waals surface area contributed by atoms with E-state index in [0.717, 1.165) is 6.42 Å². The Bertz CT molecular complexity index is 143. The fourth-order valence-corrected chi connectivity index (χ4v) is 1.24. The van der Waals surface area contributed by atoms with Crippen molar-refractivity contribution in [2.75, 3.05) is 19.8 Å². The molecule has 0 saturated carbocycles. The van der Waals surface area contributed by atoms with Crippen LogP contribution in [0.5, 0.6) is 0 Å². The Labute approximate surface area is 91.4 Å². The highest BCUT2D eigenvalue weighted by Crippen LogP contribution is 2.05. The van der Waals surface area contributed by atoms with Crippen LogP contribution in [-0.4, -0.2) is 32.2 Å². The van der Waals surface area contributed by atoms with Crippen molar-refractivity contribution in [3.05, 3.63) is 0 Å². The van der Waals surface area contributed by atoms with Gasteiger partial charge in [-0.3, -0.25) is 0 Å². The molecule has 0 aromatic heterocycles. The summed E-state index contributed by atoms with van der Waals surface area (Å²) in [5.41, 5.74) is 0. The minimum absolute atomic E-state index is 0.357. The van der Waals surface area contributed by atoms with Gasteiger partial charge in [-0.1, -0.05) is 13.8 Å². The molecule has 0 aliphatic rings. The summed E-state index contributed by atoms with van der Waals surface area (Å²) in [6.45, 7) is 7.04. The number of hydrogen-bond acceptors (Lipinski definition) is 2. The number of halogens is 2. The van der Waals surface area contributed by atoms with Crippen LogP contribution < -0.4 is 5.32 Å². The molecular weight excluding hydrogens is 200 g/mol. The van der Waals surface area contributed by atoms with Gasteiger partial charge in [-0.15, -0.1) is 0 Å². The zero-order valence-corrected chi connectivity index (χ0v) is 9.93. The van der Waals surface area contributed by atoms with E-state index in [-0.39, 0.29) is 0 Å². The highest BCUT2D eigenvalue weighted by Gasteiger charge is 2.04. The van der Waals surface area contributed by atoms with Gasteiger partial charge in [0.25, 0.3) is 6.43 Å². The molecule has 1 atom stereocenters. The average molecular weight is 223 g/mol. The third kappa shape index (κ3) is 11.7. The van der Waals surface area contributed by atoms with Crippen LogP contribution in [0.4, 0.5) is 8.78 Å². The van der Waals surface area contributed by atoms with Crippen molar-refractivity contribution in [2.45, 2.75) is 46.1 Å². The van der Waals surface area contributed by atoms with E-state index < -0.39 is 13.0 Å². The van der Waals surface area contributed by atoms with Crippen LogP contribution in [-0.2, 0) is 4.74 Å². The van der Waals surface area contributed by atoms with Crippen molar-refractivity contribution < 1.29 is 13.5 Å². The second-order valence-electron chi connectivity index (χ2n) is 4.29. The summed E-state index contributed by atoms with van der Waals surface area (Å²) < 4.78 is 28.1. The van der Waals surface area contributed by atoms with E-state index in [0.29, 0.717) is 25.1 Å². The second-order valence-corrected chi connectivity index (χ2v) is 4.29. The van der Waals surface area contributed by atoms with Gasteiger partial charge in [0.2, 0.25) is 0 Å². The van der Waals surface area contributed by atoms with Gasteiger partial charge < -0.3 is 10.1 Å². The Morgan fingerprint density at radius 2 is 1.80 bits per heavy atom. The van der Waals surface area contributed by atoms with Gasteiger partial charge in [0.05, 0.1) is 6.61 Å². The summed E-state index contributed by atoms with van der Waals surface area (Å²) in [4.78, 5) is 0. The fourth-order valence-electron chi connectivity index (χ4n) is 1.24. The lowest BCUT2D eigenvalue weighted by Gasteiger charge is -2.14. The average Bonchev–Trinajstić information content (AvgIpc) is 2.13. The molecule has 0 aliphatic heterocycles. The Morgan fingerprint density at radius 3 is 2.33 bits per heavy atom. The molecule has 0 aliphatic carbocycles. The van der Waals surface area contributed by atoms with E-state index in [1.165, 1.54) is 6.42 Å². The topological polar surface area (TPSA) is 21.3 Å². The van der Waals surface area contributed by atoms with Crippen LogP contribution in [0.3, 0.4) is 0 Å². The van der Waals surface area contributed by atoms with Crippen molar-refractivity contribution in [3.63, 3.8) is 0 Å². The third-order valence-electron chi connectivity index (χ3n) is 2.16. The lowest BCUT2D eigenvalue weighted by Crippen LogP contribution is -2.30. The van der Waals surface area contributed by atoms with E-state index >= 15 is 0 Å². The van der Waals surface area contributed by atoms with Crippen LogP contribution in [0.2, 0.25) is 0 Å². The van der Waals surface area contributed by atoms with Crippen LogP contribution in [0.1, 0.15) is 33.6 Å². The van der Waals surface area contributed by atoms with Crippen LogP contribution in [0.25, 0.3) is 0 Å². The van der Waals surface area contributed by atoms with Gasteiger partial charge in [-0.05, 0) is 25.7 Å². The fraction of sp³-hybridized carbons (Fsp3) is 1.00. The molecule has 1 N–H and O–H groups in total. The predicted octanol–water partition coefficient (Wildman–Crippen LogP) is 2.68. The van der Waals surface area contributed by atoms with Gasteiger partial charge in [0.15, 0.2) is 0 Å². The molecule has 92 valence electrons. The zero-order valence-electron chi connectivity index (χ0n) is 9.93. The molecule has 0 bridgehead atoms. The van der Waals surface area contributed by atoms with Crippen LogP contribution in [0, 0.1) is 5.92 Å². The van der Waals surface area contributed by atoms with Crippen molar-refractivity contribution in [3.8, 4) is 0 Å². The molecule has 15 heavy (non-hydrogen) atoms. The van der Waals surface area contributed by atoms with Gasteiger partial charge in [-0.2, -0.15) is 0 Å². The number of ether oxygens (including phenoxy) is 1. The zero-order chi connectivity index (χ0) is 11.7. The monoisotopic (exact) mass is 223 g/mol. The summed E-state index contributed by atoms with van der Waals surface area (Å²) in [6, 6.07) is 0.433. The molecule has 0 amide bonds. The lowest BCUT2D eigenvalue weighted by molar-refractivity contribution is 0.0182. The highest BCUT2D eigenvalue weighted by molar-refractivity contribution is 4.61. The molecule has 0 heterocycles. The van der Waals surface area contributed by atoms with Gasteiger partial charge in [-0.25, -0.2) is 8.78 Å². The minimum atomic E-state index is -2.36. The highest BCUT2D eigenvalue weighted by atomic mass is 19.3. The van der Waals surface area contributed by atoms with E-state index in [2.05, 4.69) is 26.1 Å². The summed E-state index contributed by atoms with van der Waals surface area (Å²) in [7, 11) is 0. The Hall–Kier alpha value is -0.220. The lowest BCUT2D eigenvalue weighted by atomic mass is 10.0. The van der Waals surface area contributed by atoms with E-state index in [1.807, 2.05) is 0 Å². The van der Waals surface area contributed by atoms with Crippen molar-refractivity contribution >= 4 is 0 Å². The maximum atomic E-state index is 11.7. The Balaban J connectivity index is 3.20. The molecule has 2 nitrogen and oxygen atoms in total. The first-order valence-corrected chi connectivity index (χ1v) is 5.61. The molecule has 0 radical (unpaired) electrons. The molecule has 0 aromatic rings. The van der Waals surface area contributed by atoms with Crippen LogP contribution >= 0.6 is 0 Å². The molecule has 0 saturated heterocycles. The molecule has 0 spiro atoms. The molecule has 0 rings (SSSR count). The van der Waals surface area contributed by atoms with Crippen molar-refractivity contribution in [1.82, 2.24) is 5.32 Å². The van der Waals surface area contributed by atoms with Crippen molar-refractivity contribution in [2.24, 2.45) is 5.92 Å². The van der Waals surface area contributed by atoms with Gasteiger partial charge >= 0.3 is 0 Å². The SMILES string of the molecule is CC(C)CCC(C)NCCOCC(F)F. The van der Waals surface area contributed by atoms with E-state index in [9.17, 15) is 8.78 Å². The summed E-state index contributed by atoms with van der Waals surface area (Å²) in [5, 5.41) is 3.24. The molecule has 4 heteroatoms. The number of rotatable bonds is 9. The number of alkyl halides is 2. The molecule has 1 unspecified atom stereocenters. The standard InChI is InChI=1S/C11H23F2NO/c1-9(2)4-5-10(3)14-6-7-15-8-11(12)13/h9-11,14H,4-8H2,1-3H3. The first-order valence-electron chi connectivity index (χ1n) is 5.61. The van der Waals surface area contributed by atoms with E-state index in [4.69, 9.17) is 4.74 Å². The summed E-state index contributed by atoms with van der Waals surface area (Å²) >= 11 is 0. The third-order valence-corrected chi connectivity index (χ3v) is 2.16. The van der Waals surface area contributed by atoms with Crippen molar-refractivity contribution in [1.29, 1.82) is 0 Å². The Morgan fingerprint density at radius 1 is 1.13 bits per heavy atom. The first kappa shape index (κ1) is 14.8. The minimum Gasteiger partial charge on any atom is -0.374 e.